The third-order valence-electron chi connectivity index (χ3n) is 4.10. The molecule has 19 heavy (non-hydrogen) atoms. The molecule has 1 N–H and O–H groups in total. The van der Waals surface area contributed by atoms with Gasteiger partial charge in [-0.25, -0.2) is 0 Å². The third-order valence-corrected chi connectivity index (χ3v) is 4.10. The maximum absolute atomic E-state index is 10.3. The molecule has 100 valence electrons. The molecule has 0 aliphatic heterocycles. The molecule has 3 rings (SSSR count). The van der Waals surface area contributed by atoms with Gasteiger partial charge in [-0.2, -0.15) is 0 Å². The fraction of sp³-hybridized carbons (Fsp3) is 0.438. The monoisotopic (exact) mass is 257 g/mol. The van der Waals surface area contributed by atoms with Crippen molar-refractivity contribution in [3.8, 4) is 5.75 Å². The predicted octanol–water partition coefficient (Wildman–Crippen LogP) is 3.16. The molecule has 0 spiro atoms. The molecule has 1 saturated carbocycles. The molecule has 0 saturated heterocycles. The molecule has 2 atom stereocenters. The second-order valence-corrected chi connectivity index (χ2v) is 5.96. The van der Waals surface area contributed by atoms with Gasteiger partial charge in [-0.3, -0.25) is 4.98 Å². The van der Waals surface area contributed by atoms with Gasteiger partial charge in [-0.05, 0) is 30.4 Å². The summed E-state index contributed by atoms with van der Waals surface area (Å²) in [5.41, 5.74) is 0.796. The highest BCUT2D eigenvalue weighted by Gasteiger charge is 2.42. The van der Waals surface area contributed by atoms with Crippen LogP contribution in [0.3, 0.4) is 0 Å². The summed E-state index contributed by atoms with van der Waals surface area (Å²) in [5.74, 6) is 0.764. The highest BCUT2D eigenvalue weighted by atomic mass is 16.5. The van der Waals surface area contributed by atoms with Crippen molar-refractivity contribution in [2.24, 2.45) is 5.41 Å². The molecular weight excluding hydrogens is 238 g/mol. The Hall–Kier alpha value is -1.61. The van der Waals surface area contributed by atoms with Crippen LogP contribution in [-0.4, -0.2) is 22.3 Å². The molecule has 2 aromatic rings. The van der Waals surface area contributed by atoms with Gasteiger partial charge in [0, 0.05) is 11.6 Å². The first kappa shape index (κ1) is 12.4. The minimum atomic E-state index is -0.425. The molecule has 3 nitrogen and oxygen atoms in total. The largest absolute Gasteiger partial charge is 0.485 e. The van der Waals surface area contributed by atoms with Crippen molar-refractivity contribution in [3.05, 3.63) is 36.5 Å². The summed E-state index contributed by atoms with van der Waals surface area (Å²) in [4.78, 5) is 4.38. The van der Waals surface area contributed by atoms with Crippen LogP contribution in [0, 0.1) is 5.41 Å². The maximum atomic E-state index is 10.3. The van der Waals surface area contributed by atoms with Gasteiger partial charge in [-0.1, -0.05) is 32.0 Å². The first-order valence-electron chi connectivity index (χ1n) is 6.76. The molecule has 0 radical (unpaired) electrons. The maximum Gasteiger partial charge on any atom is 0.146 e. The van der Waals surface area contributed by atoms with Gasteiger partial charge in [0.1, 0.15) is 17.4 Å². The molecule has 1 fully saturated rings. The number of benzene rings is 1. The zero-order valence-electron chi connectivity index (χ0n) is 11.3. The summed E-state index contributed by atoms with van der Waals surface area (Å²) in [6, 6.07) is 9.84. The number of aliphatic hydroxyl groups is 1. The smallest absolute Gasteiger partial charge is 0.146 e. The Bertz CT molecular complexity index is 589. The van der Waals surface area contributed by atoms with Gasteiger partial charge in [0.15, 0.2) is 0 Å². The van der Waals surface area contributed by atoms with Crippen LogP contribution in [0.5, 0.6) is 5.75 Å². The lowest BCUT2D eigenvalue weighted by atomic mass is 9.89. The average Bonchev–Trinajstić information content (AvgIpc) is 2.66. The molecule has 2 unspecified atom stereocenters. The Morgan fingerprint density at radius 3 is 2.79 bits per heavy atom. The van der Waals surface area contributed by atoms with Crippen LogP contribution < -0.4 is 4.74 Å². The van der Waals surface area contributed by atoms with E-state index in [1.165, 1.54) is 0 Å². The lowest BCUT2D eigenvalue weighted by Crippen LogP contribution is -2.34. The fourth-order valence-corrected chi connectivity index (χ4v) is 2.78. The number of para-hydroxylation sites is 1. The molecule has 1 aliphatic carbocycles. The van der Waals surface area contributed by atoms with Crippen molar-refractivity contribution in [1.29, 1.82) is 0 Å². The third kappa shape index (κ3) is 2.19. The fourth-order valence-electron chi connectivity index (χ4n) is 2.78. The van der Waals surface area contributed by atoms with Gasteiger partial charge in [0.05, 0.1) is 6.10 Å². The molecule has 0 bridgehead atoms. The van der Waals surface area contributed by atoms with Crippen LogP contribution in [0.2, 0.25) is 0 Å². The van der Waals surface area contributed by atoms with Gasteiger partial charge < -0.3 is 9.84 Å². The molecule has 1 heterocycles. The van der Waals surface area contributed by atoms with Crippen molar-refractivity contribution in [1.82, 2.24) is 4.98 Å². The summed E-state index contributed by atoms with van der Waals surface area (Å²) in [6.07, 6.45) is 3.08. The molecule has 1 aromatic carbocycles. The van der Waals surface area contributed by atoms with E-state index in [4.69, 9.17) is 4.74 Å². The molecule has 3 heteroatoms. The number of ether oxygens (including phenoxy) is 1. The van der Waals surface area contributed by atoms with E-state index in [0.29, 0.717) is 0 Å². The number of nitrogens with zero attached hydrogens (tertiary/aromatic N) is 1. The standard InChI is InChI=1S/C16H19NO2/c1-16(2)9-8-13(15(16)18)19-12-7-3-5-11-6-4-10-17-14(11)12/h3-7,10,13,15,18H,8-9H2,1-2H3. The second kappa shape index (κ2) is 4.49. The van der Waals surface area contributed by atoms with Crippen LogP contribution in [-0.2, 0) is 0 Å². The SMILES string of the molecule is CC1(C)CCC(Oc2cccc3cccnc23)C1O. The molecule has 0 amide bonds. The predicted molar refractivity (Wildman–Crippen MR) is 75.2 cm³/mol. The Morgan fingerprint density at radius 2 is 2.05 bits per heavy atom. The topological polar surface area (TPSA) is 42.4 Å². The summed E-state index contributed by atoms with van der Waals surface area (Å²) in [7, 11) is 0. The van der Waals surface area contributed by atoms with Crippen molar-refractivity contribution in [2.75, 3.05) is 0 Å². The zero-order chi connectivity index (χ0) is 13.5. The number of aromatic nitrogens is 1. The van der Waals surface area contributed by atoms with Crippen molar-refractivity contribution in [3.63, 3.8) is 0 Å². The van der Waals surface area contributed by atoms with Crippen molar-refractivity contribution in [2.45, 2.75) is 38.9 Å². The number of hydrogen-bond acceptors (Lipinski definition) is 3. The van der Waals surface area contributed by atoms with E-state index < -0.39 is 6.10 Å². The number of fused-ring (bicyclic) bond motifs is 1. The van der Waals surface area contributed by atoms with Crippen LogP contribution in [0.4, 0.5) is 0 Å². The van der Waals surface area contributed by atoms with Crippen LogP contribution in [0.25, 0.3) is 10.9 Å². The Labute approximate surface area is 113 Å². The summed E-state index contributed by atoms with van der Waals surface area (Å²) in [6.45, 7) is 4.17. The summed E-state index contributed by atoms with van der Waals surface area (Å²) in [5, 5.41) is 11.4. The van der Waals surface area contributed by atoms with Crippen molar-refractivity contribution < 1.29 is 9.84 Å². The minimum absolute atomic E-state index is 0.0668. The molecule has 1 aromatic heterocycles. The van der Waals surface area contributed by atoms with Crippen molar-refractivity contribution >= 4 is 10.9 Å². The highest BCUT2D eigenvalue weighted by Crippen LogP contribution is 2.40. The summed E-state index contributed by atoms with van der Waals surface area (Å²) >= 11 is 0. The summed E-state index contributed by atoms with van der Waals surface area (Å²) < 4.78 is 6.02. The Morgan fingerprint density at radius 1 is 1.26 bits per heavy atom. The lowest BCUT2D eigenvalue weighted by molar-refractivity contribution is 0.00545. The number of rotatable bonds is 2. The lowest BCUT2D eigenvalue weighted by Gasteiger charge is -2.26. The second-order valence-electron chi connectivity index (χ2n) is 5.96. The van der Waals surface area contributed by atoms with Crippen LogP contribution >= 0.6 is 0 Å². The molecule has 1 aliphatic rings. The Balaban J connectivity index is 1.90. The quantitative estimate of drug-likeness (QED) is 0.898. The molecular formula is C16H19NO2. The first-order valence-corrected chi connectivity index (χ1v) is 6.76. The van der Waals surface area contributed by atoms with Crippen LogP contribution in [0.15, 0.2) is 36.5 Å². The van der Waals surface area contributed by atoms with E-state index in [0.717, 1.165) is 29.5 Å². The average molecular weight is 257 g/mol. The van der Waals surface area contributed by atoms with E-state index in [1.54, 1.807) is 6.20 Å². The number of pyridine rings is 1. The number of aliphatic hydroxyl groups excluding tert-OH is 1. The van der Waals surface area contributed by atoms with Crippen LogP contribution in [0.1, 0.15) is 26.7 Å². The Kier molecular flexibility index (Phi) is 2.94. The minimum Gasteiger partial charge on any atom is -0.485 e. The normalized spacial score (nSPS) is 25.6. The first-order chi connectivity index (χ1) is 9.08. The van der Waals surface area contributed by atoms with Gasteiger partial charge in [0.25, 0.3) is 0 Å². The van der Waals surface area contributed by atoms with E-state index >= 15 is 0 Å². The van der Waals surface area contributed by atoms with Gasteiger partial charge in [0.2, 0.25) is 0 Å². The zero-order valence-corrected chi connectivity index (χ0v) is 11.3. The van der Waals surface area contributed by atoms with E-state index in [9.17, 15) is 5.11 Å². The highest BCUT2D eigenvalue weighted by molar-refractivity contribution is 5.84. The van der Waals surface area contributed by atoms with Gasteiger partial charge in [-0.15, -0.1) is 0 Å². The van der Waals surface area contributed by atoms with E-state index in [2.05, 4.69) is 18.8 Å². The van der Waals surface area contributed by atoms with E-state index in [1.807, 2.05) is 30.3 Å². The number of hydrogen-bond donors (Lipinski definition) is 1. The van der Waals surface area contributed by atoms with E-state index in [-0.39, 0.29) is 11.5 Å². The van der Waals surface area contributed by atoms with Gasteiger partial charge >= 0.3 is 0 Å².